The van der Waals surface area contributed by atoms with E-state index in [1.54, 1.807) is 4.57 Å². The van der Waals surface area contributed by atoms with Crippen LogP contribution in [0.5, 0.6) is 0 Å². The third kappa shape index (κ3) is 2.09. The van der Waals surface area contributed by atoms with Gasteiger partial charge >= 0.3 is 0 Å². The molecule has 0 aliphatic carbocycles. The normalized spacial score (nSPS) is 11.2. The van der Waals surface area contributed by atoms with Gasteiger partial charge in [-0.15, -0.1) is 0 Å². The molecule has 6 heteroatoms. The maximum atomic E-state index is 13.7. The number of aromatic nitrogens is 3. The fraction of sp³-hybridized carbons (Fsp3) is 0.143. The van der Waals surface area contributed by atoms with E-state index in [-0.39, 0.29) is 12.5 Å². The number of nitrogen functional groups attached to an aromatic ring is 1. The number of halogens is 2. The van der Waals surface area contributed by atoms with Gasteiger partial charge in [0.2, 0.25) is 5.95 Å². The fourth-order valence-corrected chi connectivity index (χ4v) is 2.09. The number of nitrogens with two attached hydrogens (primary N) is 1. The van der Waals surface area contributed by atoms with Gasteiger partial charge in [0.15, 0.2) is 5.65 Å². The van der Waals surface area contributed by atoms with Crippen molar-refractivity contribution in [2.45, 2.75) is 13.5 Å². The smallest absolute Gasteiger partial charge is 0.202 e. The van der Waals surface area contributed by atoms with Crippen LogP contribution in [0.4, 0.5) is 14.7 Å². The summed E-state index contributed by atoms with van der Waals surface area (Å²) in [5, 5.41) is 0. The second-order valence-electron chi connectivity index (χ2n) is 4.59. The minimum Gasteiger partial charge on any atom is -0.369 e. The molecule has 0 saturated heterocycles. The minimum atomic E-state index is -0.612. The first-order valence-corrected chi connectivity index (χ1v) is 6.08. The third-order valence-corrected chi connectivity index (χ3v) is 3.10. The number of nitrogens with zero attached hydrogens (tertiary/aromatic N) is 3. The molecule has 20 heavy (non-hydrogen) atoms. The van der Waals surface area contributed by atoms with Crippen LogP contribution >= 0.6 is 0 Å². The Balaban J connectivity index is 2.10. The van der Waals surface area contributed by atoms with Crippen LogP contribution in [0.2, 0.25) is 0 Å². The molecule has 4 nitrogen and oxygen atoms in total. The molecule has 2 aromatic heterocycles. The Morgan fingerprint density at radius 1 is 1.15 bits per heavy atom. The Morgan fingerprint density at radius 2 is 1.95 bits per heavy atom. The number of rotatable bonds is 2. The minimum absolute atomic E-state index is 0.158. The SMILES string of the molecule is Cc1ccc2nc(N)n(Cc3ccc(F)cc3F)c2n1. The summed E-state index contributed by atoms with van der Waals surface area (Å²) < 4.78 is 28.2. The van der Waals surface area contributed by atoms with Gasteiger partial charge in [-0.3, -0.25) is 4.57 Å². The number of hydrogen-bond acceptors (Lipinski definition) is 3. The number of pyridine rings is 1. The van der Waals surface area contributed by atoms with E-state index < -0.39 is 11.6 Å². The second kappa shape index (κ2) is 4.56. The molecule has 0 bridgehead atoms. The number of imidazole rings is 1. The lowest BCUT2D eigenvalue weighted by molar-refractivity contribution is 0.567. The van der Waals surface area contributed by atoms with Gasteiger partial charge < -0.3 is 5.73 Å². The van der Waals surface area contributed by atoms with Crippen LogP contribution in [0.1, 0.15) is 11.3 Å². The van der Waals surface area contributed by atoms with E-state index in [9.17, 15) is 8.78 Å². The maximum absolute atomic E-state index is 13.7. The summed E-state index contributed by atoms with van der Waals surface area (Å²) in [6.07, 6.45) is 0. The standard InChI is InChI=1S/C14H12F2N4/c1-8-2-5-12-13(18-8)20(14(17)19-12)7-9-3-4-10(15)6-11(9)16/h2-6H,7H2,1H3,(H2,17,19). The van der Waals surface area contributed by atoms with Crippen molar-refractivity contribution in [2.75, 3.05) is 5.73 Å². The summed E-state index contributed by atoms with van der Waals surface area (Å²) in [7, 11) is 0. The summed E-state index contributed by atoms with van der Waals surface area (Å²) in [4.78, 5) is 8.54. The van der Waals surface area contributed by atoms with E-state index >= 15 is 0 Å². The molecule has 0 aliphatic rings. The lowest BCUT2D eigenvalue weighted by Gasteiger charge is -2.07. The molecule has 0 spiro atoms. The van der Waals surface area contributed by atoms with Crippen LogP contribution in [0.25, 0.3) is 11.2 Å². The number of fused-ring (bicyclic) bond motifs is 1. The molecule has 1 aromatic carbocycles. The number of benzene rings is 1. The van der Waals surface area contributed by atoms with E-state index in [1.165, 1.54) is 12.1 Å². The molecule has 0 unspecified atom stereocenters. The van der Waals surface area contributed by atoms with Crippen molar-refractivity contribution < 1.29 is 8.78 Å². The summed E-state index contributed by atoms with van der Waals surface area (Å²) >= 11 is 0. The van der Waals surface area contributed by atoms with Gasteiger partial charge in [-0.1, -0.05) is 6.07 Å². The van der Waals surface area contributed by atoms with Crippen LogP contribution < -0.4 is 5.73 Å². The Bertz CT molecular complexity index is 795. The van der Waals surface area contributed by atoms with Gasteiger partial charge in [-0.25, -0.2) is 18.7 Å². The van der Waals surface area contributed by atoms with Crippen LogP contribution in [0.3, 0.4) is 0 Å². The molecule has 2 heterocycles. The first-order valence-electron chi connectivity index (χ1n) is 6.08. The summed E-state index contributed by atoms with van der Waals surface area (Å²) in [6, 6.07) is 7.10. The molecule has 0 atom stereocenters. The van der Waals surface area contributed by atoms with E-state index in [4.69, 9.17) is 5.73 Å². The van der Waals surface area contributed by atoms with Crippen molar-refractivity contribution in [1.82, 2.24) is 14.5 Å². The third-order valence-electron chi connectivity index (χ3n) is 3.10. The van der Waals surface area contributed by atoms with Crippen molar-refractivity contribution in [1.29, 1.82) is 0 Å². The molecule has 3 aromatic rings. The van der Waals surface area contributed by atoms with Crippen LogP contribution in [-0.4, -0.2) is 14.5 Å². The average Bonchev–Trinajstić information content (AvgIpc) is 2.69. The van der Waals surface area contributed by atoms with Crippen molar-refractivity contribution in [2.24, 2.45) is 0 Å². The van der Waals surface area contributed by atoms with Gasteiger partial charge in [-0.2, -0.15) is 0 Å². The highest BCUT2D eigenvalue weighted by Gasteiger charge is 2.12. The van der Waals surface area contributed by atoms with Gasteiger partial charge in [-0.05, 0) is 25.1 Å². The average molecular weight is 274 g/mol. The highest BCUT2D eigenvalue weighted by Crippen LogP contribution is 2.19. The predicted molar refractivity (Wildman–Crippen MR) is 72.1 cm³/mol. The lowest BCUT2D eigenvalue weighted by Crippen LogP contribution is -2.07. The van der Waals surface area contributed by atoms with Crippen molar-refractivity contribution in [3.05, 3.63) is 53.2 Å². The maximum Gasteiger partial charge on any atom is 0.202 e. The molecule has 0 aliphatic heterocycles. The molecular formula is C14H12F2N4. The second-order valence-corrected chi connectivity index (χ2v) is 4.59. The molecule has 3 rings (SSSR count). The zero-order chi connectivity index (χ0) is 14.3. The fourth-order valence-electron chi connectivity index (χ4n) is 2.09. The summed E-state index contributed by atoms with van der Waals surface area (Å²) in [5.74, 6) is -0.968. The van der Waals surface area contributed by atoms with Crippen LogP contribution in [0, 0.1) is 18.6 Å². The highest BCUT2D eigenvalue weighted by molar-refractivity contribution is 5.74. The van der Waals surface area contributed by atoms with Crippen LogP contribution in [-0.2, 0) is 6.54 Å². The molecule has 2 N–H and O–H groups in total. The Kier molecular flexibility index (Phi) is 2.85. The van der Waals surface area contributed by atoms with E-state index in [0.717, 1.165) is 11.8 Å². The van der Waals surface area contributed by atoms with Gasteiger partial charge in [0.1, 0.15) is 17.2 Å². The molecule has 0 fully saturated rings. The first-order chi connectivity index (χ1) is 9.54. The largest absolute Gasteiger partial charge is 0.369 e. The van der Waals surface area contributed by atoms with Gasteiger partial charge in [0.25, 0.3) is 0 Å². The monoisotopic (exact) mass is 274 g/mol. The lowest BCUT2D eigenvalue weighted by atomic mass is 10.2. The Labute approximate surface area is 113 Å². The molecule has 0 radical (unpaired) electrons. The van der Waals surface area contributed by atoms with Crippen LogP contribution in [0.15, 0.2) is 30.3 Å². The molecule has 0 amide bonds. The van der Waals surface area contributed by atoms with E-state index in [1.807, 2.05) is 19.1 Å². The highest BCUT2D eigenvalue weighted by atomic mass is 19.1. The van der Waals surface area contributed by atoms with Crippen molar-refractivity contribution in [3.8, 4) is 0 Å². The molecular weight excluding hydrogens is 262 g/mol. The number of aryl methyl sites for hydroxylation is 1. The first kappa shape index (κ1) is 12.5. The van der Waals surface area contributed by atoms with Gasteiger partial charge in [0.05, 0.1) is 6.54 Å². The molecule has 0 saturated carbocycles. The zero-order valence-corrected chi connectivity index (χ0v) is 10.8. The topological polar surface area (TPSA) is 56.7 Å². The van der Waals surface area contributed by atoms with E-state index in [2.05, 4.69) is 9.97 Å². The Hall–Kier alpha value is -2.50. The van der Waals surface area contributed by atoms with E-state index in [0.29, 0.717) is 16.7 Å². The molecule has 102 valence electrons. The predicted octanol–water partition coefficient (Wildman–Crippen LogP) is 2.65. The quantitative estimate of drug-likeness (QED) is 0.781. The summed E-state index contributed by atoms with van der Waals surface area (Å²) in [5.41, 5.74) is 8.24. The van der Waals surface area contributed by atoms with Gasteiger partial charge in [0, 0.05) is 17.3 Å². The number of hydrogen-bond donors (Lipinski definition) is 1. The number of anilines is 1. The summed E-state index contributed by atoms with van der Waals surface area (Å²) in [6.45, 7) is 2.01. The van der Waals surface area contributed by atoms with Crippen molar-refractivity contribution >= 4 is 17.1 Å². The Morgan fingerprint density at radius 3 is 2.70 bits per heavy atom. The zero-order valence-electron chi connectivity index (χ0n) is 10.8. The van der Waals surface area contributed by atoms with Crippen molar-refractivity contribution in [3.63, 3.8) is 0 Å².